The molecule has 2 aromatic carbocycles. The SMILES string of the molecule is CCCCC(CC)Cn1c2cc[c-]cc2c2ccccc21.[Li+]. The van der Waals surface area contributed by atoms with Crippen LogP contribution in [0.3, 0.4) is 0 Å². The number of unbranched alkanes of at least 4 members (excludes halogenated alkanes) is 1. The van der Waals surface area contributed by atoms with Crippen molar-refractivity contribution < 1.29 is 18.9 Å². The number of rotatable bonds is 6. The van der Waals surface area contributed by atoms with Crippen LogP contribution in [0, 0.1) is 12.0 Å². The van der Waals surface area contributed by atoms with Crippen molar-refractivity contribution in [1.82, 2.24) is 4.57 Å². The number of nitrogens with zero attached hydrogens (tertiary/aromatic N) is 1. The van der Waals surface area contributed by atoms with E-state index in [1.165, 1.54) is 47.5 Å². The molecule has 0 spiro atoms. The van der Waals surface area contributed by atoms with Gasteiger partial charge in [0.2, 0.25) is 0 Å². The van der Waals surface area contributed by atoms with Crippen LogP contribution in [0.15, 0.2) is 42.5 Å². The number of fused-ring (bicyclic) bond motifs is 3. The summed E-state index contributed by atoms with van der Waals surface area (Å²) in [4.78, 5) is 0. The van der Waals surface area contributed by atoms with Gasteiger partial charge in [-0.2, -0.15) is 18.2 Å². The van der Waals surface area contributed by atoms with Crippen molar-refractivity contribution in [2.75, 3.05) is 0 Å². The number of benzene rings is 2. The molecule has 0 fully saturated rings. The van der Waals surface area contributed by atoms with Crippen molar-refractivity contribution in [3.8, 4) is 0 Å². The molecule has 0 bridgehead atoms. The van der Waals surface area contributed by atoms with E-state index in [4.69, 9.17) is 0 Å². The minimum atomic E-state index is 0. The van der Waals surface area contributed by atoms with Crippen molar-refractivity contribution in [3.63, 3.8) is 0 Å². The summed E-state index contributed by atoms with van der Waals surface area (Å²) >= 11 is 0. The summed E-state index contributed by atoms with van der Waals surface area (Å²) in [6.07, 6.45) is 5.22. The second-order valence-electron chi connectivity index (χ2n) is 5.99. The molecule has 0 N–H and O–H groups in total. The molecule has 1 heterocycles. The Hall–Kier alpha value is -1.16. The summed E-state index contributed by atoms with van der Waals surface area (Å²) in [6, 6.07) is 18.4. The van der Waals surface area contributed by atoms with Gasteiger partial charge in [0.05, 0.1) is 0 Å². The molecule has 3 aromatic rings. The predicted octanol–water partition coefficient (Wildman–Crippen LogP) is 2.82. The fourth-order valence-electron chi connectivity index (χ4n) is 3.31. The number of hydrogen-bond donors (Lipinski definition) is 0. The van der Waals surface area contributed by atoms with Crippen molar-refractivity contribution in [2.45, 2.75) is 46.1 Å². The smallest absolute Gasteiger partial charge is 0.364 e. The van der Waals surface area contributed by atoms with Crippen LogP contribution in [0.1, 0.15) is 39.5 Å². The third kappa shape index (κ3) is 3.27. The largest absolute Gasteiger partial charge is 1.00 e. The molecule has 22 heavy (non-hydrogen) atoms. The van der Waals surface area contributed by atoms with E-state index in [1.807, 2.05) is 6.07 Å². The van der Waals surface area contributed by atoms with E-state index in [1.54, 1.807) is 0 Å². The maximum Gasteiger partial charge on any atom is 1.00 e. The monoisotopic (exact) mass is 285 g/mol. The van der Waals surface area contributed by atoms with E-state index in [2.05, 4.69) is 60.9 Å². The van der Waals surface area contributed by atoms with Gasteiger partial charge >= 0.3 is 18.9 Å². The number of hydrogen-bond acceptors (Lipinski definition) is 0. The molecule has 1 unspecified atom stereocenters. The van der Waals surface area contributed by atoms with Gasteiger partial charge in [-0.15, -0.1) is 11.5 Å². The fraction of sp³-hybridized carbons (Fsp3) is 0.400. The van der Waals surface area contributed by atoms with Crippen molar-refractivity contribution in [1.29, 1.82) is 0 Å². The fourth-order valence-corrected chi connectivity index (χ4v) is 3.31. The Morgan fingerprint density at radius 3 is 2.59 bits per heavy atom. The van der Waals surface area contributed by atoms with E-state index < -0.39 is 0 Å². The second kappa shape index (κ2) is 7.91. The number of para-hydroxylation sites is 1. The first kappa shape index (κ1) is 17.2. The minimum absolute atomic E-state index is 0. The Morgan fingerprint density at radius 1 is 1.05 bits per heavy atom. The zero-order valence-corrected chi connectivity index (χ0v) is 14.1. The first-order chi connectivity index (χ1) is 10.3. The summed E-state index contributed by atoms with van der Waals surface area (Å²) in [6.45, 7) is 5.73. The Balaban J connectivity index is 0.00000176. The first-order valence-electron chi connectivity index (χ1n) is 8.22. The van der Waals surface area contributed by atoms with Gasteiger partial charge in [-0.3, -0.25) is 0 Å². The summed E-state index contributed by atoms with van der Waals surface area (Å²) in [5.74, 6) is 0.771. The summed E-state index contributed by atoms with van der Waals surface area (Å²) in [7, 11) is 0. The predicted molar refractivity (Wildman–Crippen MR) is 91.6 cm³/mol. The molecule has 1 nitrogen and oxygen atoms in total. The van der Waals surface area contributed by atoms with E-state index in [-0.39, 0.29) is 18.9 Å². The first-order valence-corrected chi connectivity index (χ1v) is 8.22. The summed E-state index contributed by atoms with van der Waals surface area (Å²) < 4.78 is 2.52. The maximum atomic E-state index is 3.23. The van der Waals surface area contributed by atoms with Crippen LogP contribution < -0.4 is 18.9 Å². The molecule has 0 amide bonds. The van der Waals surface area contributed by atoms with Crippen LogP contribution in [-0.2, 0) is 6.54 Å². The molecular weight excluding hydrogens is 261 g/mol. The topological polar surface area (TPSA) is 4.93 Å². The van der Waals surface area contributed by atoms with Gasteiger partial charge in [0, 0.05) is 12.1 Å². The van der Waals surface area contributed by atoms with Gasteiger partial charge in [0.15, 0.2) is 0 Å². The second-order valence-corrected chi connectivity index (χ2v) is 5.99. The molecule has 0 radical (unpaired) electrons. The van der Waals surface area contributed by atoms with Crippen LogP contribution >= 0.6 is 0 Å². The van der Waals surface area contributed by atoms with Crippen LogP contribution in [0.25, 0.3) is 21.8 Å². The van der Waals surface area contributed by atoms with E-state index >= 15 is 0 Å². The van der Waals surface area contributed by atoms with Gasteiger partial charge in [-0.1, -0.05) is 56.8 Å². The average molecular weight is 285 g/mol. The minimum Gasteiger partial charge on any atom is -0.364 e. The Kier molecular flexibility index (Phi) is 6.18. The molecule has 0 aliphatic carbocycles. The van der Waals surface area contributed by atoms with E-state index in [0.717, 1.165) is 12.5 Å². The Labute approximate surface area is 145 Å². The molecular formula is C20H24LiN. The molecule has 110 valence electrons. The molecule has 0 saturated heterocycles. The third-order valence-electron chi connectivity index (χ3n) is 4.60. The van der Waals surface area contributed by atoms with Gasteiger partial charge in [0.25, 0.3) is 0 Å². The molecule has 1 atom stereocenters. The van der Waals surface area contributed by atoms with Gasteiger partial charge < -0.3 is 4.57 Å². The van der Waals surface area contributed by atoms with Crippen LogP contribution in [-0.4, -0.2) is 4.57 Å². The summed E-state index contributed by atoms with van der Waals surface area (Å²) in [5.41, 5.74) is 2.71. The zero-order valence-electron chi connectivity index (χ0n) is 14.1. The quantitative estimate of drug-likeness (QED) is 0.485. The average Bonchev–Trinajstić information content (AvgIpc) is 2.86. The molecule has 3 rings (SSSR count). The third-order valence-corrected chi connectivity index (χ3v) is 4.60. The van der Waals surface area contributed by atoms with Crippen LogP contribution in [0.2, 0.25) is 0 Å². The zero-order chi connectivity index (χ0) is 14.7. The van der Waals surface area contributed by atoms with E-state index in [0.29, 0.717) is 0 Å². The van der Waals surface area contributed by atoms with Crippen LogP contribution in [0.5, 0.6) is 0 Å². The van der Waals surface area contributed by atoms with E-state index in [9.17, 15) is 0 Å². The molecule has 0 aliphatic rings. The Morgan fingerprint density at radius 2 is 1.82 bits per heavy atom. The molecule has 0 aliphatic heterocycles. The summed E-state index contributed by atoms with van der Waals surface area (Å²) in [5, 5.41) is 2.69. The Bertz CT molecular complexity index is 675. The maximum absolute atomic E-state index is 3.23. The molecule has 0 saturated carbocycles. The normalized spacial score (nSPS) is 12.5. The van der Waals surface area contributed by atoms with Gasteiger partial charge in [-0.25, -0.2) is 0 Å². The van der Waals surface area contributed by atoms with Crippen LogP contribution in [0.4, 0.5) is 0 Å². The molecule has 1 aromatic heterocycles. The van der Waals surface area contributed by atoms with Gasteiger partial charge in [-0.05, 0) is 23.8 Å². The van der Waals surface area contributed by atoms with Crippen molar-refractivity contribution in [3.05, 3.63) is 48.5 Å². The van der Waals surface area contributed by atoms with Gasteiger partial charge in [0.1, 0.15) is 0 Å². The standard InChI is InChI=1S/C20H24N.Li/c1-3-5-10-16(4-2)15-21-19-13-8-6-11-17(19)18-12-7-9-14-20(18)21;/h6,8-9,11-14,16H,3-5,10,15H2,1-2H3;/q-1;+1. The number of aromatic nitrogens is 1. The van der Waals surface area contributed by atoms with Crippen molar-refractivity contribution in [2.24, 2.45) is 5.92 Å². The molecule has 2 heteroatoms. The van der Waals surface area contributed by atoms with Crippen molar-refractivity contribution >= 4 is 21.8 Å².